The van der Waals surface area contributed by atoms with E-state index in [4.69, 9.17) is 18.0 Å². The second kappa shape index (κ2) is 6.52. The molecule has 2 rings (SSSR count). The normalized spacial score (nSPS) is 14.5. The van der Waals surface area contributed by atoms with Gasteiger partial charge in [-0.25, -0.2) is 4.79 Å². The van der Waals surface area contributed by atoms with Gasteiger partial charge < -0.3 is 11.1 Å². The third-order valence-electron chi connectivity index (χ3n) is 3.33. The van der Waals surface area contributed by atoms with Gasteiger partial charge in [-0.1, -0.05) is 30.4 Å². The van der Waals surface area contributed by atoms with E-state index in [1.165, 1.54) is 6.42 Å². The van der Waals surface area contributed by atoms with Gasteiger partial charge in [0.25, 0.3) is 0 Å². The summed E-state index contributed by atoms with van der Waals surface area (Å²) in [5.41, 5.74) is 6.40. The summed E-state index contributed by atoms with van der Waals surface area (Å²) in [6.45, 7) is 0.512. The van der Waals surface area contributed by atoms with Crippen molar-refractivity contribution in [3.63, 3.8) is 0 Å². The van der Waals surface area contributed by atoms with Crippen LogP contribution in [0.5, 0.6) is 0 Å². The van der Waals surface area contributed by atoms with Crippen LogP contribution in [-0.2, 0) is 0 Å². The molecule has 19 heavy (non-hydrogen) atoms. The lowest BCUT2D eigenvalue weighted by atomic mass is 9.93. The van der Waals surface area contributed by atoms with Crippen LogP contribution < -0.4 is 16.0 Å². The number of benzene rings is 1. The maximum atomic E-state index is 12.3. The van der Waals surface area contributed by atoms with E-state index in [9.17, 15) is 4.79 Å². The molecule has 0 aliphatic heterocycles. The van der Waals surface area contributed by atoms with Crippen molar-refractivity contribution < 1.29 is 4.79 Å². The third-order valence-corrected chi connectivity index (χ3v) is 3.53. The first kappa shape index (κ1) is 13.8. The van der Waals surface area contributed by atoms with Crippen molar-refractivity contribution in [1.29, 1.82) is 0 Å². The van der Waals surface area contributed by atoms with Crippen LogP contribution in [0.1, 0.15) is 25.7 Å². The second-order valence-electron chi connectivity index (χ2n) is 4.78. The first-order chi connectivity index (χ1) is 9.16. The number of amides is 2. The van der Waals surface area contributed by atoms with Crippen molar-refractivity contribution in [2.24, 2.45) is 5.73 Å². The van der Waals surface area contributed by atoms with Crippen LogP contribution in [0.25, 0.3) is 0 Å². The van der Waals surface area contributed by atoms with E-state index in [1.807, 2.05) is 30.3 Å². The van der Waals surface area contributed by atoms with E-state index in [0.29, 0.717) is 24.0 Å². The second-order valence-corrected chi connectivity index (χ2v) is 5.31. The zero-order valence-electron chi connectivity index (χ0n) is 10.8. The highest BCUT2D eigenvalue weighted by atomic mass is 32.1. The molecule has 1 aromatic rings. The Morgan fingerprint density at radius 3 is 2.58 bits per heavy atom. The van der Waals surface area contributed by atoms with E-state index in [1.54, 1.807) is 4.90 Å². The van der Waals surface area contributed by atoms with Gasteiger partial charge in [0, 0.05) is 24.7 Å². The highest BCUT2D eigenvalue weighted by molar-refractivity contribution is 7.80. The molecule has 2 amide bonds. The molecule has 0 unspecified atom stereocenters. The number of anilines is 1. The summed E-state index contributed by atoms with van der Waals surface area (Å²) in [5.74, 6) is 0. The molecule has 0 atom stereocenters. The minimum absolute atomic E-state index is 0.0628. The molecule has 1 aliphatic rings. The fourth-order valence-electron chi connectivity index (χ4n) is 1.98. The Hall–Kier alpha value is -1.62. The number of hydrogen-bond donors (Lipinski definition) is 2. The van der Waals surface area contributed by atoms with Crippen molar-refractivity contribution in [1.82, 2.24) is 5.32 Å². The number of rotatable bonds is 5. The predicted molar refractivity (Wildman–Crippen MR) is 81.4 cm³/mol. The molecule has 102 valence electrons. The van der Waals surface area contributed by atoms with Crippen LogP contribution in [0.3, 0.4) is 0 Å². The summed E-state index contributed by atoms with van der Waals surface area (Å²) < 4.78 is 0. The van der Waals surface area contributed by atoms with Gasteiger partial charge in [-0.05, 0) is 31.4 Å². The Morgan fingerprint density at radius 1 is 1.37 bits per heavy atom. The molecular formula is C14H19N3OS. The molecule has 1 saturated carbocycles. The summed E-state index contributed by atoms with van der Waals surface area (Å²) in [5, 5.41) is 3.04. The number of nitrogens with two attached hydrogens (primary N) is 1. The number of carbonyl (C=O) groups is 1. The average Bonchev–Trinajstić information content (AvgIpc) is 2.35. The number of nitrogens with zero attached hydrogens (tertiary/aromatic N) is 1. The van der Waals surface area contributed by atoms with Gasteiger partial charge in [-0.15, -0.1) is 0 Å². The molecule has 3 N–H and O–H groups in total. The molecule has 5 heteroatoms. The Bertz CT molecular complexity index is 445. The summed E-state index contributed by atoms with van der Waals surface area (Å²) >= 11 is 4.89. The topological polar surface area (TPSA) is 58.4 Å². The van der Waals surface area contributed by atoms with Crippen LogP contribution in [-0.4, -0.2) is 23.6 Å². The molecule has 0 heterocycles. The quantitative estimate of drug-likeness (QED) is 0.813. The van der Waals surface area contributed by atoms with Crippen LogP contribution in [0.4, 0.5) is 10.5 Å². The Morgan fingerprint density at radius 2 is 2.05 bits per heavy atom. The molecule has 1 fully saturated rings. The average molecular weight is 277 g/mol. The highest BCUT2D eigenvalue weighted by Crippen LogP contribution is 2.20. The smallest absolute Gasteiger partial charge is 0.322 e. The molecule has 4 nitrogen and oxygen atoms in total. The summed E-state index contributed by atoms with van der Waals surface area (Å²) in [6.07, 6.45) is 3.87. The zero-order chi connectivity index (χ0) is 13.7. The van der Waals surface area contributed by atoms with E-state index >= 15 is 0 Å². The summed E-state index contributed by atoms with van der Waals surface area (Å²) in [4.78, 5) is 14.4. The van der Waals surface area contributed by atoms with E-state index in [-0.39, 0.29) is 6.03 Å². The maximum absolute atomic E-state index is 12.3. The van der Waals surface area contributed by atoms with Gasteiger partial charge in [0.15, 0.2) is 0 Å². The fourth-order valence-corrected chi connectivity index (χ4v) is 2.07. The van der Waals surface area contributed by atoms with Crippen LogP contribution in [0.2, 0.25) is 0 Å². The molecule has 0 spiro atoms. The van der Waals surface area contributed by atoms with Gasteiger partial charge in [0.05, 0.1) is 4.99 Å². The Balaban J connectivity index is 2.04. The van der Waals surface area contributed by atoms with Crippen LogP contribution >= 0.6 is 12.2 Å². The minimum Gasteiger partial charge on any atom is -0.393 e. The standard InChI is InChI=1S/C14H19N3OS/c15-13(19)9-10-17(12-7-2-1-3-8-12)14(18)16-11-5-4-6-11/h1-3,7-8,11H,4-6,9-10H2,(H2,15,19)(H,16,18). The summed E-state index contributed by atoms with van der Waals surface area (Å²) in [6, 6.07) is 9.86. The molecule has 0 aromatic heterocycles. The maximum Gasteiger partial charge on any atom is 0.322 e. The highest BCUT2D eigenvalue weighted by Gasteiger charge is 2.23. The number of hydrogen-bond acceptors (Lipinski definition) is 2. The van der Waals surface area contributed by atoms with Gasteiger partial charge in [0.1, 0.15) is 0 Å². The molecule has 0 radical (unpaired) electrons. The third kappa shape index (κ3) is 3.92. The van der Waals surface area contributed by atoms with Crippen molar-refractivity contribution in [2.45, 2.75) is 31.7 Å². The predicted octanol–water partition coefficient (Wildman–Crippen LogP) is 2.43. The van der Waals surface area contributed by atoms with E-state index in [0.717, 1.165) is 18.5 Å². The van der Waals surface area contributed by atoms with Crippen molar-refractivity contribution in [2.75, 3.05) is 11.4 Å². The van der Waals surface area contributed by atoms with E-state index in [2.05, 4.69) is 5.32 Å². The Labute approximate surface area is 119 Å². The van der Waals surface area contributed by atoms with Crippen molar-refractivity contribution in [3.8, 4) is 0 Å². The Kier molecular flexibility index (Phi) is 4.74. The first-order valence-corrected chi connectivity index (χ1v) is 6.99. The fraction of sp³-hybridized carbons (Fsp3) is 0.429. The number of nitrogens with one attached hydrogen (secondary N) is 1. The van der Waals surface area contributed by atoms with Gasteiger partial charge in [0.2, 0.25) is 0 Å². The number of para-hydroxylation sites is 1. The SMILES string of the molecule is NC(=S)CCN(C(=O)NC1CCC1)c1ccccc1. The lowest BCUT2D eigenvalue weighted by Crippen LogP contribution is -2.48. The number of carbonyl (C=O) groups excluding carboxylic acids is 1. The number of urea groups is 1. The molecule has 1 aliphatic carbocycles. The monoisotopic (exact) mass is 277 g/mol. The molecule has 0 saturated heterocycles. The van der Waals surface area contributed by atoms with E-state index < -0.39 is 0 Å². The van der Waals surface area contributed by atoms with Crippen LogP contribution in [0, 0.1) is 0 Å². The van der Waals surface area contributed by atoms with Crippen molar-refractivity contribution in [3.05, 3.63) is 30.3 Å². The lowest BCUT2D eigenvalue weighted by Gasteiger charge is -2.30. The van der Waals surface area contributed by atoms with Gasteiger partial charge in [-0.2, -0.15) is 0 Å². The first-order valence-electron chi connectivity index (χ1n) is 6.58. The molecule has 1 aromatic carbocycles. The van der Waals surface area contributed by atoms with Gasteiger partial charge >= 0.3 is 6.03 Å². The van der Waals surface area contributed by atoms with Crippen LogP contribution in [0.15, 0.2) is 30.3 Å². The number of thiocarbonyl (C=S) groups is 1. The zero-order valence-corrected chi connectivity index (χ0v) is 11.7. The van der Waals surface area contributed by atoms with Gasteiger partial charge in [-0.3, -0.25) is 4.90 Å². The molecular weight excluding hydrogens is 258 g/mol. The minimum atomic E-state index is -0.0628. The lowest BCUT2D eigenvalue weighted by molar-refractivity contribution is 0.234. The largest absolute Gasteiger partial charge is 0.393 e. The van der Waals surface area contributed by atoms with Crippen molar-refractivity contribution >= 4 is 28.9 Å². The summed E-state index contributed by atoms with van der Waals surface area (Å²) in [7, 11) is 0. The molecule has 0 bridgehead atoms.